The molecule has 2 amide bonds. The molecule has 3 aromatic rings. The zero-order valence-electron chi connectivity index (χ0n) is 24.2. The minimum absolute atomic E-state index is 0.0383. The molecular formula is C33H44ClN3O5. The van der Waals surface area contributed by atoms with Crippen LogP contribution < -0.4 is 16.0 Å². The molecule has 228 valence electrons. The Balaban J connectivity index is 1.15. The maximum Gasteiger partial charge on any atom is 0.319 e. The molecule has 8 nitrogen and oxygen atoms in total. The SMILES string of the molecule is O=C(NCc1cccc(CCCCOCCCCCCNC[C@H](O)c2ccc(O)c(CO)c2)c1)Nc1cccc(Cl)c1. The van der Waals surface area contributed by atoms with Crippen molar-refractivity contribution in [2.24, 2.45) is 0 Å². The lowest BCUT2D eigenvalue weighted by Crippen LogP contribution is -2.28. The van der Waals surface area contributed by atoms with Crippen molar-refractivity contribution in [3.05, 3.63) is 94.0 Å². The van der Waals surface area contributed by atoms with Crippen LogP contribution in [0.3, 0.4) is 0 Å². The van der Waals surface area contributed by atoms with E-state index in [1.54, 1.807) is 36.4 Å². The minimum atomic E-state index is -0.676. The highest BCUT2D eigenvalue weighted by Crippen LogP contribution is 2.22. The molecule has 0 aliphatic carbocycles. The summed E-state index contributed by atoms with van der Waals surface area (Å²) in [6, 6.07) is 19.9. The number of anilines is 1. The lowest BCUT2D eigenvalue weighted by Gasteiger charge is -2.14. The van der Waals surface area contributed by atoms with Gasteiger partial charge in [0.1, 0.15) is 5.75 Å². The molecule has 0 saturated heterocycles. The molecule has 0 unspecified atom stereocenters. The van der Waals surface area contributed by atoms with Gasteiger partial charge in [-0.1, -0.05) is 60.8 Å². The van der Waals surface area contributed by atoms with E-state index in [1.165, 1.54) is 11.6 Å². The van der Waals surface area contributed by atoms with E-state index in [1.807, 2.05) is 12.1 Å². The minimum Gasteiger partial charge on any atom is -0.508 e. The van der Waals surface area contributed by atoms with Gasteiger partial charge in [0.15, 0.2) is 0 Å². The first-order valence-electron chi connectivity index (χ1n) is 14.7. The fraction of sp³-hybridized carbons (Fsp3) is 0.424. The number of carbonyl (C=O) groups is 1. The van der Waals surface area contributed by atoms with Gasteiger partial charge in [0.2, 0.25) is 0 Å². The molecule has 0 heterocycles. The molecule has 0 spiro atoms. The van der Waals surface area contributed by atoms with Gasteiger partial charge >= 0.3 is 6.03 Å². The number of aromatic hydroxyl groups is 1. The van der Waals surface area contributed by atoms with E-state index in [0.717, 1.165) is 70.3 Å². The monoisotopic (exact) mass is 597 g/mol. The number of aliphatic hydroxyl groups excluding tert-OH is 2. The van der Waals surface area contributed by atoms with Gasteiger partial charge in [-0.05, 0) is 85.7 Å². The van der Waals surface area contributed by atoms with Crippen molar-refractivity contribution in [2.75, 3.05) is 31.6 Å². The van der Waals surface area contributed by atoms with E-state index in [9.17, 15) is 20.1 Å². The summed E-state index contributed by atoms with van der Waals surface area (Å²) in [6.45, 7) is 3.00. The summed E-state index contributed by atoms with van der Waals surface area (Å²) < 4.78 is 5.80. The number of carbonyl (C=O) groups excluding carboxylic acids is 1. The Hall–Kier alpha value is -3.14. The average Bonchev–Trinajstić information content (AvgIpc) is 2.99. The number of unbranched alkanes of at least 4 members (excludes halogenated alkanes) is 4. The summed E-state index contributed by atoms with van der Waals surface area (Å²) in [7, 11) is 0. The van der Waals surface area contributed by atoms with Crippen molar-refractivity contribution in [3.63, 3.8) is 0 Å². The van der Waals surface area contributed by atoms with Gasteiger partial charge in [0, 0.05) is 42.6 Å². The van der Waals surface area contributed by atoms with Crippen molar-refractivity contribution >= 4 is 23.3 Å². The number of aliphatic hydroxyl groups is 2. The van der Waals surface area contributed by atoms with Gasteiger partial charge in [-0.3, -0.25) is 0 Å². The lowest BCUT2D eigenvalue weighted by atomic mass is 10.1. The summed E-state index contributed by atoms with van der Waals surface area (Å²) in [5, 5.41) is 38.7. The maximum atomic E-state index is 12.2. The number of nitrogens with one attached hydrogen (secondary N) is 3. The Bertz CT molecular complexity index is 1230. The molecular weight excluding hydrogens is 554 g/mol. The standard InChI is InChI=1S/C33H44ClN3O5/c34-29-12-8-13-30(21-29)37-33(41)36-22-26-11-7-10-25(19-26)9-3-6-18-42-17-5-2-1-4-16-35-23-32(40)27-14-15-31(39)28(20-27)24-38/h7-8,10-15,19-21,32,35,38-40H,1-6,9,16-18,22-24H2,(H2,36,37,41)/t32-/m0/s1. The van der Waals surface area contributed by atoms with Gasteiger partial charge in [0.05, 0.1) is 12.7 Å². The van der Waals surface area contributed by atoms with E-state index in [4.69, 9.17) is 16.3 Å². The fourth-order valence-electron chi connectivity index (χ4n) is 4.56. The van der Waals surface area contributed by atoms with Crippen molar-refractivity contribution in [1.29, 1.82) is 0 Å². The summed E-state index contributed by atoms with van der Waals surface area (Å²) in [5.74, 6) is 0.0383. The molecule has 0 aromatic heterocycles. The molecule has 9 heteroatoms. The zero-order valence-corrected chi connectivity index (χ0v) is 24.9. The molecule has 1 atom stereocenters. The lowest BCUT2D eigenvalue weighted by molar-refractivity contribution is 0.126. The van der Waals surface area contributed by atoms with Gasteiger partial charge in [0.25, 0.3) is 0 Å². The molecule has 3 aromatic carbocycles. The zero-order chi connectivity index (χ0) is 30.0. The number of aryl methyl sites for hydroxylation is 1. The van der Waals surface area contributed by atoms with Crippen LogP contribution in [-0.2, 0) is 24.3 Å². The topological polar surface area (TPSA) is 123 Å². The maximum absolute atomic E-state index is 12.2. The van der Waals surface area contributed by atoms with E-state index in [0.29, 0.717) is 34.9 Å². The number of hydrogen-bond donors (Lipinski definition) is 6. The van der Waals surface area contributed by atoms with Crippen molar-refractivity contribution in [1.82, 2.24) is 10.6 Å². The van der Waals surface area contributed by atoms with Gasteiger partial charge in [-0.2, -0.15) is 0 Å². The molecule has 0 aliphatic heterocycles. The highest BCUT2D eigenvalue weighted by atomic mass is 35.5. The molecule has 0 radical (unpaired) electrons. The van der Waals surface area contributed by atoms with E-state index in [-0.39, 0.29) is 18.4 Å². The van der Waals surface area contributed by atoms with Crippen molar-refractivity contribution in [2.45, 2.75) is 64.2 Å². The third-order valence-corrected chi connectivity index (χ3v) is 7.15. The van der Waals surface area contributed by atoms with Crippen LogP contribution in [0.2, 0.25) is 5.02 Å². The first-order valence-corrected chi connectivity index (χ1v) is 15.1. The number of rotatable bonds is 19. The molecule has 0 saturated carbocycles. The third-order valence-electron chi connectivity index (χ3n) is 6.92. The van der Waals surface area contributed by atoms with Crippen LogP contribution in [0.5, 0.6) is 5.75 Å². The van der Waals surface area contributed by atoms with Crippen LogP contribution in [0.25, 0.3) is 0 Å². The largest absolute Gasteiger partial charge is 0.508 e. The molecule has 0 bridgehead atoms. The number of benzene rings is 3. The fourth-order valence-corrected chi connectivity index (χ4v) is 4.75. The van der Waals surface area contributed by atoms with Crippen molar-refractivity contribution in [3.8, 4) is 5.75 Å². The van der Waals surface area contributed by atoms with Crippen LogP contribution >= 0.6 is 11.6 Å². The molecule has 42 heavy (non-hydrogen) atoms. The highest BCUT2D eigenvalue weighted by molar-refractivity contribution is 6.30. The van der Waals surface area contributed by atoms with Crippen molar-refractivity contribution < 1.29 is 24.9 Å². The molecule has 3 rings (SSSR count). The number of ether oxygens (including phenoxy) is 1. The number of amides is 2. The van der Waals surface area contributed by atoms with E-state index < -0.39 is 6.10 Å². The van der Waals surface area contributed by atoms with Gasteiger partial charge in [-0.25, -0.2) is 4.79 Å². The van der Waals surface area contributed by atoms with Gasteiger partial charge in [-0.15, -0.1) is 0 Å². The van der Waals surface area contributed by atoms with Crippen LogP contribution in [0.1, 0.15) is 66.9 Å². The Kier molecular flexibility index (Phi) is 15.2. The third kappa shape index (κ3) is 12.8. The Morgan fingerprint density at radius 3 is 2.45 bits per heavy atom. The first-order chi connectivity index (χ1) is 20.4. The number of phenols is 1. The second-order valence-corrected chi connectivity index (χ2v) is 10.8. The highest BCUT2D eigenvalue weighted by Gasteiger charge is 2.10. The number of urea groups is 1. The van der Waals surface area contributed by atoms with Crippen LogP contribution in [-0.4, -0.2) is 47.7 Å². The van der Waals surface area contributed by atoms with Crippen LogP contribution in [0.4, 0.5) is 10.5 Å². The summed E-state index contributed by atoms with van der Waals surface area (Å²) in [4.78, 5) is 12.2. The molecule has 6 N–H and O–H groups in total. The Morgan fingerprint density at radius 1 is 0.881 bits per heavy atom. The summed E-state index contributed by atoms with van der Waals surface area (Å²) in [5.41, 5.74) is 4.07. The number of halogens is 1. The Morgan fingerprint density at radius 2 is 1.64 bits per heavy atom. The quantitative estimate of drug-likeness (QED) is 0.0931. The van der Waals surface area contributed by atoms with Crippen LogP contribution in [0.15, 0.2) is 66.7 Å². The normalized spacial score (nSPS) is 11.8. The summed E-state index contributed by atoms with van der Waals surface area (Å²) >= 11 is 5.96. The predicted molar refractivity (Wildman–Crippen MR) is 168 cm³/mol. The van der Waals surface area contributed by atoms with E-state index in [2.05, 4.69) is 28.1 Å². The second kappa shape index (κ2) is 19.1. The number of hydrogen-bond acceptors (Lipinski definition) is 6. The smallest absolute Gasteiger partial charge is 0.319 e. The first kappa shape index (κ1) is 33.4. The van der Waals surface area contributed by atoms with Crippen LogP contribution in [0, 0.1) is 0 Å². The molecule has 0 fully saturated rings. The van der Waals surface area contributed by atoms with Gasteiger partial charge < -0.3 is 36.0 Å². The summed E-state index contributed by atoms with van der Waals surface area (Å²) in [6.07, 6.45) is 6.65. The van der Waals surface area contributed by atoms with E-state index >= 15 is 0 Å². The predicted octanol–water partition coefficient (Wildman–Crippen LogP) is 6.08. The second-order valence-electron chi connectivity index (χ2n) is 10.4. The average molecular weight is 598 g/mol. The molecule has 0 aliphatic rings. The Labute approximate surface area is 254 Å².